The number of amides is 3. The van der Waals surface area contributed by atoms with E-state index < -0.39 is 23.4 Å². The number of ether oxygens (including phenoxy) is 2. The lowest BCUT2D eigenvalue weighted by Gasteiger charge is -2.33. The highest BCUT2D eigenvalue weighted by Gasteiger charge is 2.28. The summed E-state index contributed by atoms with van der Waals surface area (Å²) in [4.78, 5) is 49.4. The summed E-state index contributed by atoms with van der Waals surface area (Å²) in [5.41, 5.74) is -1.17. The van der Waals surface area contributed by atoms with Gasteiger partial charge < -0.3 is 25.0 Å². The molecule has 174 valence electrons. The van der Waals surface area contributed by atoms with Gasteiger partial charge in [-0.3, -0.25) is 9.59 Å². The number of nitrogens with zero attached hydrogens (tertiary/aromatic N) is 4. The Labute approximate surface area is 185 Å². The van der Waals surface area contributed by atoms with E-state index in [1.54, 1.807) is 9.58 Å². The number of likely N-dealkylation sites (tertiary alicyclic amines) is 1. The fraction of sp³-hybridized carbons (Fsp3) is 0.500. The molecule has 2 heterocycles. The van der Waals surface area contributed by atoms with Gasteiger partial charge in [0.15, 0.2) is 5.69 Å². The summed E-state index contributed by atoms with van der Waals surface area (Å²) in [5.74, 6) is -2.33. The second-order valence-electron chi connectivity index (χ2n) is 8.14. The molecule has 1 aromatic heterocycles. The van der Waals surface area contributed by atoms with Crippen molar-refractivity contribution >= 4 is 23.9 Å². The summed E-state index contributed by atoms with van der Waals surface area (Å²) in [6.07, 6.45) is 2.34. The van der Waals surface area contributed by atoms with Gasteiger partial charge in [0.05, 0.1) is 25.0 Å². The largest absolute Gasteiger partial charge is 0.464 e. The average Bonchev–Trinajstić information content (AvgIpc) is 3.22. The van der Waals surface area contributed by atoms with Crippen molar-refractivity contribution in [1.29, 1.82) is 0 Å². The highest BCUT2D eigenvalue weighted by Crippen LogP contribution is 2.23. The first-order chi connectivity index (χ1) is 14.9. The van der Waals surface area contributed by atoms with Crippen molar-refractivity contribution in [3.05, 3.63) is 36.4 Å². The summed E-state index contributed by atoms with van der Waals surface area (Å²) in [6, 6.07) is -0.0439. The summed E-state index contributed by atoms with van der Waals surface area (Å²) >= 11 is 0. The quantitative estimate of drug-likeness (QED) is 0.482. The van der Waals surface area contributed by atoms with Crippen molar-refractivity contribution < 1.29 is 28.7 Å². The first kappa shape index (κ1) is 24.6. The number of esters is 1. The minimum absolute atomic E-state index is 0.0136. The van der Waals surface area contributed by atoms with Crippen LogP contribution >= 0.6 is 0 Å². The highest BCUT2D eigenvalue weighted by molar-refractivity contribution is 6.04. The summed E-state index contributed by atoms with van der Waals surface area (Å²) < 4.78 is 11.4. The van der Waals surface area contributed by atoms with Gasteiger partial charge in [0.2, 0.25) is 0 Å². The molecule has 1 fully saturated rings. The molecular weight excluding hydrogens is 420 g/mol. The van der Waals surface area contributed by atoms with E-state index in [2.05, 4.69) is 38.8 Å². The third-order valence-corrected chi connectivity index (χ3v) is 4.47. The Morgan fingerprint density at radius 2 is 1.72 bits per heavy atom. The first-order valence-electron chi connectivity index (χ1n) is 9.90. The van der Waals surface area contributed by atoms with Gasteiger partial charge in [0, 0.05) is 13.1 Å². The van der Waals surface area contributed by atoms with E-state index >= 15 is 0 Å². The highest BCUT2D eigenvalue weighted by atomic mass is 16.6. The number of hydrogen-bond acceptors (Lipinski definition) is 8. The molecule has 1 aliphatic rings. The van der Waals surface area contributed by atoms with Gasteiger partial charge in [-0.15, -0.1) is 5.10 Å². The summed E-state index contributed by atoms with van der Waals surface area (Å²) in [7, 11) is 1.14. The molecule has 12 heteroatoms. The van der Waals surface area contributed by atoms with Crippen LogP contribution in [0.2, 0.25) is 0 Å². The maximum Gasteiger partial charge on any atom is 0.410 e. The minimum atomic E-state index is -0.823. The molecular formula is C20H28N6O6. The Morgan fingerprint density at radius 3 is 2.28 bits per heavy atom. The molecule has 0 atom stereocenters. The number of methoxy groups -OCH3 is 1. The number of hydrogen-bond donors (Lipinski definition) is 2. The molecule has 0 unspecified atom stereocenters. The van der Waals surface area contributed by atoms with Gasteiger partial charge >= 0.3 is 12.1 Å². The fourth-order valence-corrected chi connectivity index (χ4v) is 2.84. The maximum atomic E-state index is 12.4. The number of nitrogens with one attached hydrogen (secondary N) is 2. The molecule has 0 radical (unpaired) electrons. The summed E-state index contributed by atoms with van der Waals surface area (Å²) in [5, 5.41) is 12.3. The van der Waals surface area contributed by atoms with Crippen LogP contribution in [0.15, 0.2) is 30.7 Å². The molecule has 2 N–H and O–H groups in total. The molecule has 0 bridgehead atoms. The lowest BCUT2D eigenvalue weighted by molar-refractivity contribution is -0.137. The molecule has 1 aliphatic heterocycles. The van der Waals surface area contributed by atoms with Crippen molar-refractivity contribution in [2.45, 2.75) is 45.3 Å². The van der Waals surface area contributed by atoms with Crippen LogP contribution in [0.25, 0.3) is 0 Å². The van der Waals surface area contributed by atoms with E-state index in [4.69, 9.17) is 4.74 Å². The number of carbonyl (C=O) groups excluding carboxylic acids is 4. The molecule has 32 heavy (non-hydrogen) atoms. The van der Waals surface area contributed by atoms with Crippen LogP contribution in [0, 0.1) is 0 Å². The zero-order valence-electron chi connectivity index (χ0n) is 18.6. The van der Waals surface area contributed by atoms with Crippen LogP contribution in [0.4, 0.5) is 4.79 Å². The predicted molar refractivity (Wildman–Crippen MR) is 112 cm³/mol. The van der Waals surface area contributed by atoms with E-state index in [1.165, 1.54) is 6.20 Å². The Balaban J connectivity index is 1.88. The molecule has 0 spiro atoms. The first-order valence-corrected chi connectivity index (χ1v) is 9.90. The predicted octanol–water partition coefficient (Wildman–Crippen LogP) is 0.897. The normalized spacial score (nSPS) is 14.3. The lowest BCUT2D eigenvalue weighted by Crippen LogP contribution is -2.42. The second-order valence-corrected chi connectivity index (χ2v) is 8.14. The van der Waals surface area contributed by atoms with Crippen molar-refractivity contribution in [3.63, 3.8) is 0 Å². The van der Waals surface area contributed by atoms with E-state index in [0.29, 0.717) is 25.9 Å². The smallest absolute Gasteiger partial charge is 0.410 e. The van der Waals surface area contributed by atoms with Gasteiger partial charge in [0.1, 0.15) is 11.3 Å². The van der Waals surface area contributed by atoms with E-state index in [0.717, 1.165) is 7.11 Å². The zero-order chi connectivity index (χ0) is 24.1. The molecule has 1 saturated heterocycles. The Hall–Kier alpha value is -3.70. The van der Waals surface area contributed by atoms with Crippen LogP contribution < -0.4 is 10.6 Å². The van der Waals surface area contributed by atoms with Crippen molar-refractivity contribution in [3.8, 4) is 0 Å². The Bertz CT molecular complexity index is 923. The van der Waals surface area contributed by atoms with Gasteiger partial charge in [-0.2, -0.15) is 0 Å². The van der Waals surface area contributed by atoms with Crippen LogP contribution in [-0.2, 0) is 19.1 Å². The van der Waals surface area contributed by atoms with Gasteiger partial charge in [-0.1, -0.05) is 18.4 Å². The minimum Gasteiger partial charge on any atom is -0.464 e. The van der Waals surface area contributed by atoms with Gasteiger partial charge in [-0.05, 0) is 33.6 Å². The topological polar surface area (TPSA) is 145 Å². The number of rotatable bonds is 6. The van der Waals surface area contributed by atoms with Crippen molar-refractivity contribution in [1.82, 2.24) is 30.5 Å². The van der Waals surface area contributed by atoms with Crippen molar-refractivity contribution in [2.75, 3.05) is 20.2 Å². The van der Waals surface area contributed by atoms with Crippen LogP contribution in [0.1, 0.15) is 50.1 Å². The van der Waals surface area contributed by atoms with Gasteiger partial charge in [0.25, 0.3) is 11.8 Å². The Morgan fingerprint density at radius 1 is 1.09 bits per heavy atom. The SMILES string of the molecule is C=C(NC(=O)c1cn(C2CCN(C(=O)OC(C)(C)C)CC2)nn1)C(=O)NC(=C)C(=O)OC. The van der Waals surface area contributed by atoms with Crippen molar-refractivity contribution in [2.24, 2.45) is 0 Å². The molecule has 12 nitrogen and oxygen atoms in total. The lowest BCUT2D eigenvalue weighted by atomic mass is 10.1. The monoisotopic (exact) mass is 448 g/mol. The molecule has 0 saturated carbocycles. The molecule has 3 amide bonds. The van der Waals surface area contributed by atoms with E-state index in [1.807, 2.05) is 20.8 Å². The van der Waals surface area contributed by atoms with Crippen LogP contribution in [0.3, 0.4) is 0 Å². The zero-order valence-corrected chi connectivity index (χ0v) is 18.6. The Kier molecular flexibility index (Phi) is 7.73. The summed E-state index contributed by atoms with van der Waals surface area (Å²) in [6.45, 7) is 13.2. The maximum absolute atomic E-state index is 12.4. The third kappa shape index (κ3) is 6.65. The molecule has 0 aliphatic carbocycles. The van der Waals surface area contributed by atoms with E-state index in [-0.39, 0.29) is 29.2 Å². The average molecular weight is 448 g/mol. The number of aromatic nitrogens is 3. The van der Waals surface area contributed by atoms with Crippen LogP contribution in [0.5, 0.6) is 0 Å². The fourth-order valence-electron chi connectivity index (χ4n) is 2.84. The number of piperidine rings is 1. The molecule has 0 aromatic carbocycles. The van der Waals surface area contributed by atoms with E-state index in [9.17, 15) is 19.2 Å². The van der Waals surface area contributed by atoms with Crippen LogP contribution in [-0.4, -0.2) is 69.6 Å². The standard InChI is InChI=1S/C20H28N6O6/c1-12(16(27)22-13(2)18(29)31-6)21-17(28)15-11-26(24-23-15)14-7-9-25(10-8-14)19(30)32-20(3,4)5/h11,14H,1-2,7-10H2,3-6H3,(H,21,28)(H,22,27). The molecule has 2 rings (SSSR count). The number of carbonyl (C=O) groups is 4. The van der Waals surface area contributed by atoms with Gasteiger partial charge in [-0.25, -0.2) is 14.3 Å². The third-order valence-electron chi connectivity index (χ3n) is 4.47. The second kappa shape index (κ2) is 10.1. The molecule has 1 aromatic rings.